The second-order valence-corrected chi connectivity index (χ2v) is 12.0. The van der Waals surface area contributed by atoms with E-state index in [1.165, 1.54) is 12.1 Å². The molecule has 2 aromatic carbocycles. The quantitative estimate of drug-likeness (QED) is 0.373. The van der Waals surface area contributed by atoms with Gasteiger partial charge in [-0.25, -0.2) is 14.1 Å². The van der Waals surface area contributed by atoms with Crippen molar-refractivity contribution >= 4 is 38.7 Å². The molecule has 6 rings (SSSR count). The Morgan fingerprint density at radius 3 is 2.46 bits per heavy atom. The van der Waals surface area contributed by atoms with E-state index in [4.69, 9.17) is 27.7 Å². The van der Waals surface area contributed by atoms with Gasteiger partial charge in [-0.05, 0) is 39.0 Å². The van der Waals surface area contributed by atoms with E-state index in [1.807, 2.05) is 25.7 Å². The van der Waals surface area contributed by atoms with E-state index in [0.29, 0.717) is 31.9 Å². The summed E-state index contributed by atoms with van der Waals surface area (Å²) < 4.78 is 75.1. The largest absolute Gasteiger partial charge is 0.447 e. The number of nitrogens with zero attached hydrogens (tertiary/aromatic N) is 3. The maximum atomic E-state index is 16.3. The molecule has 0 aliphatic carbocycles. The number of aryl methyl sites for hydroxylation is 1. The lowest BCUT2D eigenvalue weighted by Crippen LogP contribution is -2.46. The van der Waals surface area contributed by atoms with E-state index in [1.54, 1.807) is 18.2 Å². The number of hydrogen-bond acceptors (Lipinski definition) is 11. The monoisotopic (exact) mass is 591 g/mol. The van der Waals surface area contributed by atoms with Crippen molar-refractivity contribution in [2.45, 2.75) is 50.2 Å². The Kier molecular flexibility index (Phi) is 7.36. The first-order valence-corrected chi connectivity index (χ1v) is 14.7. The summed E-state index contributed by atoms with van der Waals surface area (Å²) in [6.45, 7) is 6.62. The van der Waals surface area contributed by atoms with Crippen LogP contribution >= 0.6 is 0 Å². The first-order valence-electron chi connectivity index (χ1n) is 13.3. The number of aromatic nitrogens is 1. The predicted molar refractivity (Wildman–Crippen MR) is 143 cm³/mol. The van der Waals surface area contributed by atoms with Crippen LogP contribution in [-0.4, -0.2) is 77.4 Å². The van der Waals surface area contributed by atoms with Crippen molar-refractivity contribution in [3.8, 4) is 0 Å². The van der Waals surface area contributed by atoms with Crippen molar-refractivity contribution in [1.29, 1.82) is 0 Å². The van der Waals surface area contributed by atoms with E-state index in [0.717, 1.165) is 10.5 Å². The van der Waals surface area contributed by atoms with Crippen LogP contribution in [0.5, 0.6) is 0 Å². The van der Waals surface area contributed by atoms with Gasteiger partial charge in [-0.15, -0.1) is 0 Å². The van der Waals surface area contributed by atoms with Gasteiger partial charge in [-0.3, -0.25) is 4.18 Å². The van der Waals surface area contributed by atoms with Gasteiger partial charge in [0.1, 0.15) is 12.6 Å². The van der Waals surface area contributed by atoms with Crippen molar-refractivity contribution in [2.24, 2.45) is 0 Å². The molecule has 1 aromatic heterocycles. The SMILES string of the molecule is Cc1ccc(S(=O)(=O)OC[C@H]2COC(=O)N2c2noc3c(F)c(N4C[C@@H](C)O[C@H](C)C4)c(C4OCCO4)cc23)cc1. The molecule has 0 N–H and O–H groups in total. The van der Waals surface area contributed by atoms with Gasteiger partial charge in [0.05, 0.1) is 48.0 Å². The van der Waals surface area contributed by atoms with Crippen LogP contribution in [0.2, 0.25) is 0 Å². The Balaban J connectivity index is 1.35. The van der Waals surface area contributed by atoms with Crippen LogP contribution in [0.25, 0.3) is 11.0 Å². The average molecular weight is 592 g/mol. The van der Waals surface area contributed by atoms with Crippen molar-refractivity contribution in [3.05, 3.63) is 47.3 Å². The molecule has 0 spiro atoms. The number of ether oxygens (including phenoxy) is 4. The van der Waals surface area contributed by atoms with Gasteiger partial charge in [0.2, 0.25) is 5.58 Å². The minimum Gasteiger partial charge on any atom is -0.447 e. The number of anilines is 2. The van der Waals surface area contributed by atoms with Gasteiger partial charge >= 0.3 is 6.09 Å². The van der Waals surface area contributed by atoms with Crippen LogP contribution in [0.4, 0.5) is 20.7 Å². The summed E-state index contributed by atoms with van der Waals surface area (Å²) in [4.78, 5) is 15.8. The Morgan fingerprint density at radius 1 is 1.10 bits per heavy atom. The maximum absolute atomic E-state index is 16.3. The summed E-state index contributed by atoms with van der Waals surface area (Å²) in [7, 11) is -4.11. The Hall–Kier alpha value is -3.30. The third-order valence-electron chi connectivity index (χ3n) is 7.22. The number of rotatable bonds is 7. The molecule has 0 unspecified atom stereocenters. The molecule has 3 fully saturated rings. The van der Waals surface area contributed by atoms with Gasteiger partial charge < -0.3 is 28.4 Å². The zero-order valence-corrected chi connectivity index (χ0v) is 23.6. The molecular formula is C27H30FN3O9S. The number of cyclic esters (lactones) is 1. The van der Waals surface area contributed by atoms with Gasteiger partial charge in [0, 0.05) is 18.7 Å². The fourth-order valence-corrected chi connectivity index (χ4v) is 6.33. The fourth-order valence-electron chi connectivity index (χ4n) is 5.39. The molecule has 0 radical (unpaired) electrons. The molecule has 3 aromatic rings. The zero-order valence-electron chi connectivity index (χ0n) is 22.7. The summed E-state index contributed by atoms with van der Waals surface area (Å²) in [5.41, 5.74) is 1.39. The number of hydrogen-bond donors (Lipinski definition) is 0. The van der Waals surface area contributed by atoms with Crippen LogP contribution in [0.3, 0.4) is 0 Å². The number of morpholine rings is 1. The van der Waals surface area contributed by atoms with Gasteiger partial charge in [-0.2, -0.15) is 8.42 Å². The highest BCUT2D eigenvalue weighted by Gasteiger charge is 2.40. The van der Waals surface area contributed by atoms with Gasteiger partial charge in [-0.1, -0.05) is 22.9 Å². The topological polar surface area (TPSA) is 130 Å². The lowest BCUT2D eigenvalue weighted by atomic mass is 10.0. The van der Waals surface area contributed by atoms with E-state index >= 15 is 4.39 Å². The second kappa shape index (κ2) is 10.8. The number of carbonyl (C=O) groups excluding carboxylic acids is 1. The third kappa shape index (κ3) is 5.26. The third-order valence-corrected chi connectivity index (χ3v) is 8.51. The van der Waals surface area contributed by atoms with E-state index in [-0.39, 0.29) is 46.2 Å². The molecule has 0 saturated carbocycles. The summed E-state index contributed by atoms with van der Waals surface area (Å²) >= 11 is 0. The molecule has 12 nitrogen and oxygen atoms in total. The highest BCUT2D eigenvalue weighted by molar-refractivity contribution is 7.86. The summed E-state index contributed by atoms with van der Waals surface area (Å²) in [5.74, 6) is -0.712. The number of halogens is 1. The summed E-state index contributed by atoms with van der Waals surface area (Å²) in [6.07, 6.45) is -1.93. The Morgan fingerprint density at radius 2 is 1.78 bits per heavy atom. The molecule has 1 amide bonds. The molecule has 14 heteroatoms. The number of benzene rings is 2. The normalized spacial score (nSPS) is 24.0. The number of carbonyl (C=O) groups is 1. The molecular weight excluding hydrogens is 561 g/mol. The van der Waals surface area contributed by atoms with Gasteiger partial charge in [0.15, 0.2) is 17.9 Å². The van der Waals surface area contributed by atoms with Crippen LogP contribution < -0.4 is 9.80 Å². The van der Waals surface area contributed by atoms with E-state index in [9.17, 15) is 13.2 Å². The number of fused-ring (bicyclic) bond motifs is 1. The average Bonchev–Trinajstić information content (AvgIpc) is 3.67. The summed E-state index contributed by atoms with van der Waals surface area (Å²) in [6, 6.07) is 6.95. The fraction of sp³-hybridized carbons (Fsp3) is 0.481. The van der Waals surface area contributed by atoms with Crippen molar-refractivity contribution in [2.75, 3.05) is 49.3 Å². The highest BCUT2D eigenvalue weighted by Crippen LogP contribution is 2.42. The van der Waals surface area contributed by atoms with Gasteiger partial charge in [0.25, 0.3) is 10.1 Å². The van der Waals surface area contributed by atoms with Crippen LogP contribution in [0, 0.1) is 12.7 Å². The molecule has 3 aliphatic heterocycles. The van der Waals surface area contributed by atoms with Crippen LogP contribution in [0.15, 0.2) is 39.8 Å². The number of amides is 1. The molecule has 4 heterocycles. The molecule has 3 aliphatic rings. The molecule has 220 valence electrons. The first-order chi connectivity index (χ1) is 19.6. The Labute approximate surface area is 235 Å². The molecule has 3 atom stereocenters. The molecule has 41 heavy (non-hydrogen) atoms. The second-order valence-electron chi connectivity index (χ2n) is 10.4. The lowest BCUT2D eigenvalue weighted by molar-refractivity contribution is -0.0445. The van der Waals surface area contributed by atoms with Crippen molar-refractivity contribution < 1.29 is 45.3 Å². The van der Waals surface area contributed by atoms with E-state index in [2.05, 4.69) is 5.16 Å². The zero-order chi connectivity index (χ0) is 28.9. The highest BCUT2D eigenvalue weighted by atomic mass is 32.2. The van der Waals surface area contributed by atoms with Crippen LogP contribution in [0.1, 0.15) is 31.3 Å². The maximum Gasteiger partial charge on any atom is 0.416 e. The minimum absolute atomic E-state index is 0.0191. The first kappa shape index (κ1) is 27.8. The molecule has 3 saturated heterocycles. The smallest absolute Gasteiger partial charge is 0.416 e. The predicted octanol–water partition coefficient (Wildman–Crippen LogP) is 3.67. The van der Waals surface area contributed by atoms with Crippen molar-refractivity contribution in [3.63, 3.8) is 0 Å². The molecule has 0 bridgehead atoms. The standard InChI is InChI=1S/C27H30FN3O9S/c1-15-4-6-19(7-5-15)41(33,34)38-14-18-13-37-27(32)31(18)25-21-10-20(26-35-8-9-36-26)23(22(28)24(21)40-29-25)30-11-16(2)39-17(3)12-30/h4-7,10,16-18,26H,8-9,11-14H2,1-3H3/t16-,17-,18-/m1/s1. The Bertz CT molecular complexity index is 1550. The lowest BCUT2D eigenvalue weighted by Gasteiger charge is -2.38. The minimum atomic E-state index is -4.11. The van der Waals surface area contributed by atoms with E-state index < -0.39 is 41.0 Å². The van der Waals surface area contributed by atoms with Crippen LogP contribution in [-0.2, 0) is 33.2 Å². The summed E-state index contributed by atoms with van der Waals surface area (Å²) in [5, 5.41) is 4.20. The van der Waals surface area contributed by atoms with Crippen molar-refractivity contribution in [1.82, 2.24) is 5.16 Å².